The number of amides is 1. The van der Waals surface area contributed by atoms with E-state index in [9.17, 15) is 4.79 Å². The normalized spacial score (nSPS) is 10.3. The second kappa shape index (κ2) is 6.52. The molecule has 0 saturated carbocycles. The molecule has 4 nitrogen and oxygen atoms in total. The number of aromatic nitrogens is 2. The van der Waals surface area contributed by atoms with Gasteiger partial charge in [-0.3, -0.25) is 9.78 Å². The van der Waals surface area contributed by atoms with Crippen LogP contribution in [0, 0.1) is 13.8 Å². The molecule has 0 radical (unpaired) electrons. The molecule has 0 atom stereocenters. The lowest BCUT2D eigenvalue weighted by Crippen LogP contribution is -2.14. The van der Waals surface area contributed by atoms with E-state index in [1.165, 1.54) is 0 Å². The number of carbonyl (C=O) groups is 1. The lowest BCUT2D eigenvalue weighted by molar-refractivity contribution is 0.102. The molecule has 1 N–H and O–H groups in total. The number of aryl methyl sites for hydroxylation is 2. The molecule has 0 aliphatic carbocycles. The molecule has 0 bridgehead atoms. The smallest absolute Gasteiger partial charge is 0.255 e. The van der Waals surface area contributed by atoms with Gasteiger partial charge >= 0.3 is 0 Å². The summed E-state index contributed by atoms with van der Waals surface area (Å²) in [5.41, 5.74) is 3.20. The molecule has 0 aromatic carbocycles. The van der Waals surface area contributed by atoms with Crippen molar-refractivity contribution in [2.75, 3.05) is 11.1 Å². The lowest BCUT2D eigenvalue weighted by atomic mass is 10.2. The van der Waals surface area contributed by atoms with E-state index < -0.39 is 0 Å². The average Bonchev–Trinajstić information content (AvgIpc) is 2.43. The first-order valence-electron chi connectivity index (χ1n) is 6.44. The Morgan fingerprint density at radius 3 is 2.70 bits per heavy atom. The Morgan fingerprint density at radius 1 is 1.25 bits per heavy atom. The van der Waals surface area contributed by atoms with Crippen LogP contribution in [0.5, 0.6) is 0 Å². The zero-order valence-corrected chi connectivity index (χ0v) is 12.6. The maximum Gasteiger partial charge on any atom is 0.255 e. The van der Waals surface area contributed by atoms with Crippen LogP contribution in [0.1, 0.15) is 28.5 Å². The minimum absolute atomic E-state index is 0.135. The monoisotopic (exact) mass is 287 g/mol. The highest BCUT2D eigenvalue weighted by Gasteiger charge is 2.11. The molecule has 0 spiro atoms. The van der Waals surface area contributed by atoms with Crippen molar-refractivity contribution in [1.82, 2.24) is 9.97 Å². The van der Waals surface area contributed by atoms with E-state index in [1.54, 1.807) is 30.2 Å². The molecule has 1 amide bonds. The van der Waals surface area contributed by atoms with Crippen LogP contribution < -0.4 is 5.32 Å². The Kier molecular flexibility index (Phi) is 4.74. The maximum absolute atomic E-state index is 12.3. The fraction of sp³-hybridized carbons (Fsp3) is 0.267. The number of anilines is 1. The van der Waals surface area contributed by atoms with E-state index in [4.69, 9.17) is 0 Å². The van der Waals surface area contributed by atoms with E-state index in [1.807, 2.05) is 26.0 Å². The van der Waals surface area contributed by atoms with Gasteiger partial charge in [0, 0.05) is 18.0 Å². The highest BCUT2D eigenvalue weighted by atomic mass is 32.2. The molecule has 2 rings (SSSR count). The van der Waals surface area contributed by atoms with Crippen LogP contribution in [0.4, 0.5) is 5.69 Å². The summed E-state index contributed by atoms with van der Waals surface area (Å²) in [6, 6.07) is 5.41. The third-order valence-corrected chi connectivity index (χ3v) is 3.68. The Hall–Kier alpha value is -1.88. The van der Waals surface area contributed by atoms with Crippen LogP contribution in [0.3, 0.4) is 0 Å². The summed E-state index contributed by atoms with van der Waals surface area (Å²) in [6.45, 7) is 5.89. The van der Waals surface area contributed by atoms with Crippen molar-refractivity contribution >= 4 is 23.4 Å². The highest BCUT2D eigenvalue weighted by Crippen LogP contribution is 2.20. The summed E-state index contributed by atoms with van der Waals surface area (Å²) in [5.74, 6) is 0.795. The van der Waals surface area contributed by atoms with E-state index in [2.05, 4.69) is 22.2 Å². The van der Waals surface area contributed by atoms with Gasteiger partial charge in [0.25, 0.3) is 5.91 Å². The predicted octanol–water partition coefficient (Wildman–Crippen LogP) is 3.46. The van der Waals surface area contributed by atoms with Crippen LogP contribution in [0.15, 0.2) is 35.6 Å². The Morgan fingerprint density at radius 2 is 2.00 bits per heavy atom. The number of pyridine rings is 2. The van der Waals surface area contributed by atoms with Gasteiger partial charge in [0.1, 0.15) is 0 Å². The second-order valence-electron chi connectivity index (χ2n) is 4.36. The molecular weight excluding hydrogens is 270 g/mol. The Labute approximate surface area is 123 Å². The summed E-state index contributed by atoms with van der Waals surface area (Å²) in [5, 5.41) is 3.79. The number of nitrogens with zero attached hydrogens (tertiary/aromatic N) is 2. The van der Waals surface area contributed by atoms with Gasteiger partial charge < -0.3 is 5.32 Å². The summed E-state index contributed by atoms with van der Waals surface area (Å²) >= 11 is 1.62. The van der Waals surface area contributed by atoms with Gasteiger partial charge in [-0.1, -0.05) is 6.92 Å². The van der Waals surface area contributed by atoms with Gasteiger partial charge in [0.15, 0.2) is 0 Å². The average molecular weight is 287 g/mol. The van der Waals surface area contributed by atoms with Gasteiger partial charge in [0.2, 0.25) is 0 Å². The van der Waals surface area contributed by atoms with Crippen LogP contribution in [0.25, 0.3) is 0 Å². The predicted molar refractivity (Wildman–Crippen MR) is 82.3 cm³/mol. The topological polar surface area (TPSA) is 54.9 Å². The van der Waals surface area contributed by atoms with Crippen molar-refractivity contribution in [2.45, 2.75) is 25.8 Å². The summed E-state index contributed by atoms with van der Waals surface area (Å²) in [4.78, 5) is 20.7. The lowest BCUT2D eigenvalue weighted by Gasteiger charge is -2.11. The first-order valence-corrected chi connectivity index (χ1v) is 7.42. The van der Waals surface area contributed by atoms with E-state index >= 15 is 0 Å². The first-order chi connectivity index (χ1) is 9.61. The molecule has 2 aromatic heterocycles. The van der Waals surface area contributed by atoms with Crippen molar-refractivity contribution in [2.24, 2.45) is 0 Å². The van der Waals surface area contributed by atoms with Gasteiger partial charge in [0.05, 0.1) is 16.4 Å². The number of carbonyl (C=O) groups excluding carboxylic acids is 1. The molecule has 0 aliphatic rings. The Bertz CT molecular complexity index is 608. The summed E-state index contributed by atoms with van der Waals surface area (Å²) < 4.78 is 0. The van der Waals surface area contributed by atoms with Gasteiger partial charge in [-0.05, 0) is 43.4 Å². The zero-order chi connectivity index (χ0) is 14.5. The molecule has 5 heteroatoms. The maximum atomic E-state index is 12.3. The quantitative estimate of drug-likeness (QED) is 0.875. The third-order valence-electron chi connectivity index (χ3n) is 2.88. The van der Waals surface area contributed by atoms with Crippen LogP contribution in [-0.2, 0) is 0 Å². The van der Waals surface area contributed by atoms with Crippen molar-refractivity contribution in [3.63, 3.8) is 0 Å². The third kappa shape index (κ3) is 3.36. The fourth-order valence-electron chi connectivity index (χ4n) is 1.85. The zero-order valence-electron chi connectivity index (χ0n) is 11.8. The van der Waals surface area contributed by atoms with Gasteiger partial charge in [-0.25, -0.2) is 4.98 Å². The highest BCUT2D eigenvalue weighted by molar-refractivity contribution is 7.99. The van der Waals surface area contributed by atoms with Crippen LogP contribution >= 0.6 is 11.8 Å². The molecule has 2 aromatic rings. The standard InChI is InChI=1S/C15H17N3OS/c1-4-20-13-9-12(6-8-17-13)15(19)18-14-10(2)5-7-16-11(14)3/h5-9H,4H2,1-3H3,(H,18,19). The SMILES string of the molecule is CCSc1cc(C(=O)Nc2c(C)ccnc2C)ccn1. The van der Waals surface area contributed by atoms with Crippen LogP contribution in [0.2, 0.25) is 0 Å². The largest absolute Gasteiger partial charge is 0.320 e. The van der Waals surface area contributed by atoms with E-state index in [-0.39, 0.29) is 5.91 Å². The first kappa shape index (κ1) is 14.5. The molecule has 104 valence electrons. The molecule has 0 saturated heterocycles. The Balaban J connectivity index is 2.22. The van der Waals surface area contributed by atoms with Crippen molar-refractivity contribution < 1.29 is 4.79 Å². The molecule has 2 heterocycles. The molecule has 0 unspecified atom stereocenters. The molecule has 20 heavy (non-hydrogen) atoms. The summed E-state index contributed by atoms with van der Waals surface area (Å²) in [7, 11) is 0. The number of hydrogen-bond acceptors (Lipinski definition) is 4. The van der Waals surface area contributed by atoms with Gasteiger partial charge in [-0.2, -0.15) is 0 Å². The number of thioether (sulfide) groups is 1. The fourth-order valence-corrected chi connectivity index (χ4v) is 2.49. The van der Waals surface area contributed by atoms with E-state index in [0.29, 0.717) is 5.56 Å². The number of nitrogens with one attached hydrogen (secondary N) is 1. The van der Waals surface area contributed by atoms with E-state index in [0.717, 1.165) is 27.7 Å². The second-order valence-corrected chi connectivity index (χ2v) is 5.64. The van der Waals surface area contributed by atoms with Crippen LogP contribution in [-0.4, -0.2) is 21.6 Å². The number of rotatable bonds is 4. The van der Waals surface area contributed by atoms with Crippen molar-refractivity contribution in [3.8, 4) is 0 Å². The minimum Gasteiger partial charge on any atom is -0.320 e. The summed E-state index contributed by atoms with van der Waals surface area (Å²) in [6.07, 6.45) is 3.40. The molecular formula is C15H17N3OS. The minimum atomic E-state index is -0.135. The van der Waals surface area contributed by atoms with Crippen molar-refractivity contribution in [3.05, 3.63) is 47.4 Å². The molecule has 0 aliphatic heterocycles. The van der Waals surface area contributed by atoms with Crippen molar-refractivity contribution in [1.29, 1.82) is 0 Å². The van der Waals surface area contributed by atoms with Gasteiger partial charge in [-0.15, -0.1) is 11.8 Å². The number of hydrogen-bond donors (Lipinski definition) is 1. The molecule has 0 fully saturated rings.